The van der Waals surface area contributed by atoms with Crippen LogP contribution in [0.3, 0.4) is 0 Å². The van der Waals surface area contributed by atoms with Gasteiger partial charge in [-0.05, 0) is 50.6 Å². The van der Waals surface area contributed by atoms with Crippen molar-refractivity contribution >= 4 is 22.3 Å². The molecule has 0 amide bonds. The summed E-state index contributed by atoms with van der Waals surface area (Å²) in [6, 6.07) is 14.1. The molecule has 5 nitrogen and oxygen atoms in total. The second-order valence-electron chi connectivity index (χ2n) is 7.63. The summed E-state index contributed by atoms with van der Waals surface area (Å²) in [5.74, 6) is 2.43. The zero-order valence-corrected chi connectivity index (χ0v) is 17.4. The molecule has 1 aliphatic heterocycles. The number of hydrogen-bond acceptors (Lipinski definition) is 5. The van der Waals surface area contributed by atoms with Gasteiger partial charge in [0.15, 0.2) is 0 Å². The molecule has 0 atom stereocenters. The highest BCUT2D eigenvalue weighted by atomic mass is 16.5. The molecule has 0 aliphatic carbocycles. The minimum atomic E-state index is 0.718. The number of ether oxygens (including phenoxy) is 2. The minimum absolute atomic E-state index is 0.718. The lowest BCUT2D eigenvalue weighted by Gasteiger charge is -2.26. The van der Waals surface area contributed by atoms with Gasteiger partial charge in [0.05, 0.1) is 19.4 Å². The predicted molar refractivity (Wildman–Crippen MR) is 118 cm³/mol. The summed E-state index contributed by atoms with van der Waals surface area (Å²) in [5.41, 5.74) is 0.918. The van der Waals surface area contributed by atoms with Crippen LogP contribution in [0.25, 0.3) is 10.8 Å². The van der Waals surface area contributed by atoms with Gasteiger partial charge in [0.25, 0.3) is 0 Å². The molecule has 0 N–H and O–H groups in total. The van der Waals surface area contributed by atoms with Gasteiger partial charge in [-0.25, -0.2) is 0 Å². The van der Waals surface area contributed by atoms with Crippen molar-refractivity contribution in [2.45, 2.75) is 25.7 Å². The number of hydrogen-bond donors (Lipinski definition) is 0. The zero-order valence-electron chi connectivity index (χ0n) is 17.4. The van der Waals surface area contributed by atoms with E-state index in [1.807, 2.05) is 42.3 Å². The maximum Gasteiger partial charge on any atom is 0.207 e. The Labute approximate surface area is 172 Å². The number of fused-ring (bicyclic) bond motifs is 1. The van der Waals surface area contributed by atoms with Crippen LogP contribution in [0, 0.1) is 0 Å². The monoisotopic (exact) mass is 394 g/mol. The molecule has 1 fully saturated rings. The van der Waals surface area contributed by atoms with Gasteiger partial charge in [-0.1, -0.05) is 24.6 Å². The Balaban J connectivity index is 1.45. The molecule has 0 spiro atoms. The van der Waals surface area contributed by atoms with E-state index >= 15 is 0 Å². The quantitative estimate of drug-likeness (QED) is 0.474. The van der Waals surface area contributed by atoms with Crippen LogP contribution in [-0.4, -0.2) is 45.3 Å². The third-order valence-corrected chi connectivity index (χ3v) is 5.64. The highest BCUT2D eigenvalue weighted by molar-refractivity contribution is 5.93. The van der Waals surface area contributed by atoms with Gasteiger partial charge in [-0.3, -0.25) is 0 Å². The van der Waals surface area contributed by atoms with Gasteiger partial charge in [0.1, 0.15) is 17.8 Å². The van der Waals surface area contributed by atoms with Crippen molar-refractivity contribution in [3.05, 3.63) is 48.7 Å². The first-order chi connectivity index (χ1) is 14.3. The van der Waals surface area contributed by atoms with Crippen LogP contribution in [0.15, 0.2) is 53.1 Å². The third-order valence-electron chi connectivity index (χ3n) is 5.64. The predicted octanol–water partition coefficient (Wildman–Crippen LogP) is 5.46. The lowest BCUT2D eigenvalue weighted by molar-refractivity contribution is 0.205. The van der Waals surface area contributed by atoms with E-state index in [2.05, 4.69) is 17.0 Å². The smallest absolute Gasteiger partial charge is 0.207 e. The normalized spacial score (nSPS) is 14.8. The van der Waals surface area contributed by atoms with E-state index in [1.54, 1.807) is 13.4 Å². The van der Waals surface area contributed by atoms with E-state index < -0.39 is 0 Å². The number of likely N-dealkylation sites (tertiary alicyclic amines) is 1. The van der Waals surface area contributed by atoms with Crippen molar-refractivity contribution in [2.24, 2.45) is 0 Å². The van der Waals surface area contributed by atoms with Crippen LogP contribution in [0.5, 0.6) is 11.5 Å². The number of nitrogens with zero attached hydrogens (tertiary/aromatic N) is 2. The van der Waals surface area contributed by atoms with Gasteiger partial charge >= 0.3 is 0 Å². The lowest BCUT2D eigenvalue weighted by atomic mass is 10.1. The third kappa shape index (κ3) is 4.51. The highest BCUT2D eigenvalue weighted by Gasteiger charge is 2.17. The Morgan fingerprint density at radius 1 is 1.07 bits per heavy atom. The zero-order chi connectivity index (χ0) is 20.1. The molecule has 1 aromatic heterocycles. The van der Waals surface area contributed by atoms with Crippen molar-refractivity contribution in [3.63, 3.8) is 0 Å². The molecule has 5 heteroatoms. The molecule has 0 radical (unpaired) electrons. The van der Waals surface area contributed by atoms with Crippen LogP contribution in [0.1, 0.15) is 25.7 Å². The molecule has 29 heavy (non-hydrogen) atoms. The van der Waals surface area contributed by atoms with E-state index in [0.717, 1.165) is 53.4 Å². The molecule has 2 aromatic carbocycles. The fourth-order valence-electron chi connectivity index (χ4n) is 4.03. The lowest BCUT2D eigenvalue weighted by Crippen LogP contribution is -2.31. The van der Waals surface area contributed by atoms with Crippen molar-refractivity contribution in [1.29, 1.82) is 0 Å². The fourth-order valence-corrected chi connectivity index (χ4v) is 4.03. The molecule has 3 aromatic rings. The summed E-state index contributed by atoms with van der Waals surface area (Å²) < 4.78 is 17.5. The van der Waals surface area contributed by atoms with Crippen LogP contribution in [0.4, 0.5) is 11.6 Å². The van der Waals surface area contributed by atoms with Gasteiger partial charge < -0.3 is 23.7 Å². The van der Waals surface area contributed by atoms with Crippen LogP contribution in [-0.2, 0) is 0 Å². The number of benzene rings is 2. The Morgan fingerprint density at radius 2 is 1.90 bits per heavy atom. The molecule has 0 saturated carbocycles. The number of piperidine rings is 1. The van der Waals surface area contributed by atoms with Crippen LogP contribution < -0.4 is 14.4 Å². The Morgan fingerprint density at radius 3 is 2.72 bits per heavy atom. The first-order valence-electron chi connectivity index (χ1n) is 10.5. The van der Waals surface area contributed by atoms with Crippen LogP contribution in [0.2, 0.25) is 0 Å². The molecule has 0 unspecified atom stereocenters. The SMILES string of the molecule is COc1ccc(OCCCN2CCCCC2)cc1N(C)c1occ2ccccc12. The van der Waals surface area contributed by atoms with E-state index in [1.165, 1.54) is 32.4 Å². The van der Waals surface area contributed by atoms with Gasteiger partial charge in [0, 0.05) is 30.4 Å². The molecule has 1 aliphatic rings. The molecule has 0 bridgehead atoms. The summed E-state index contributed by atoms with van der Waals surface area (Å²) in [6.07, 6.45) is 6.86. The maximum atomic E-state index is 6.05. The number of methoxy groups -OCH3 is 1. The van der Waals surface area contributed by atoms with Crippen molar-refractivity contribution in [3.8, 4) is 11.5 Å². The molecular formula is C24H30N2O3. The van der Waals surface area contributed by atoms with Gasteiger partial charge in [-0.15, -0.1) is 0 Å². The largest absolute Gasteiger partial charge is 0.495 e. The summed E-state index contributed by atoms with van der Waals surface area (Å²) in [7, 11) is 3.68. The van der Waals surface area contributed by atoms with Crippen molar-refractivity contribution in [1.82, 2.24) is 4.90 Å². The Kier molecular flexibility index (Phi) is 6.25. The maximum absolute atomic E-state index is 6.05. The van der Waals surface area contributed by atoms with E-state index in [4.69, 9.17) is 13.9 Å². The molecule has 1 saturated heterocycles. The summed E-state index contributed by atoms with van der Waals surface area (Å²) in [4.78, 5) is 4.56. The molecule has 4 rings (SSSR count). The van der Waals surface area contributed by atoms with Crippen molar-refractivity contribution in [2.75, 3.05) is 45.3 Å². The first kappa shape index (κ1) is 19.6. The fraction of sp³-hybridized carbons (Fsp3) is 0.417. The van der Waals surface area contributed by atoms with Gasteiger partial charge in [-0.2, -0.15) is 0 Å². The molecular weight excluding hydrogens is 364 g/mol. The van der Waals surface area contributed by atoms with Crippen LogP contribution >= 0.6 is 0 Å². The average molecular weight is 395 g/mol. The highest BCUT2D eigenvalue weighted by Crippen LogP contribution is 2.39. The standard InChI is InChI=1S/C24H30N2O3/c1-25(24-21-10-5-4-9-19(21)18-29-24)22-17-20(11-12-23(22)27-2)28-16-8-15-26-13-6-3-7-14-26/h4-5,9-12,17-18H,3,6-8,13-16H2,1-2H3. The molecule has 154 valence electrons. The van der Waals surface area contributed by atoms with E-state index in [0.29, 0.717) is 0 Å². The van der Waals surface area contributed by atoms with Crippen molar-refractivity contribution < 1.29 is 13.9 Å². The first-order valence-corrected chi connectivity index (χ1v) is 10.5. The summed E-state index contributed by atoms with van der Waals surface area (Å²) in [5, 5.41) is 2.16. The summed E-state index contributed by atoms with van der Waals surface area (Å²) in [6.45, 7) is 4.29. The molecule has 2 heterocycles. The number of anilines is 2. The number of rotatable bonds is 8. The van der Waals surface area contributed by atoms with E-state index in [-0.39, 0.29) is 0 Å². The second-order valence-corrected chi connectivity index (χ2v) is 7.63. The average Bonchev–Trinajstić information content (AvgIpc) is 3.21. The Hall–Kier alpha value is -2.66. The topological polar surface area (TPSA) is 38.1 Å². The Bertz CT molecular complexity index is 931. The summed E-state index contributed by atoms with van der Waals surface area (Å²) >= 11 is 0. The minimum Gasteiger partial charge on any atom is -0.495 e. The number of furan rings is 1. The second kappa shape index (κ2) is 9.23. The van der Waals surface area contributed by atoms with E-state index in [9.17, 15) is 0 Å². The van der Waals surface area contributed by atoms with Gasteiger partial charge in [0.2, 0.25) is 5.88 Å².